The topological polar surface area (TPSA) is 15.3 Å². The zero-order valence-corrected chi connectivity index (χ0v) is 11.9. The van der Waals surface area contributed by atoms with Crippen molar-refractivity contribution in [2.45, 2.75) is 26.1 Å². The molecule has 1 heterocycles. The van der Waals surface area contributed by atoms with Gasteiger partial charge in [0.25, 0.3) is 0 Å². The second-order valence-corrected chi connectivity index (χ2v) is 6.00. The lowest BCUT2D eigenvalue weighted by molar-refractivity contribution is 0.221. The highest BCUT2D eigenvalue weighted by Crippen LogP contribution is 2.20. The van der Waals surface area contributed by atoms with E-state index in [2.05, 4.69) is 17.1 Å². The Morgan fingerprint density at radius 1 is 1.50 bits per heavy atom. The van der Waals surface area contributed by atoms with Gasteiger partial charge in [-0.25, -0.2) is 4.39 Å². The largest absolute Gasteiger partial charge is 0.316 e. The number of thioether (sulfide) groups is 1. The van der Waals surface area contributed by atoms with Crippen LogP contribution in [0.1, 0.15) is 18.1 Å². The van der Waals surface area contributed by atoms with Gasteiger partial charge < -0.3 is 5.32 Å². The SMILES string of the molecule is CNCc1ccc(F)c(CN2CCSCC2C)c1. The summed E-state index contributed by atoms with van der Waals surface area (Å²) in [6.07, 6.45) is 0. The summed E-state index contributed by atoms with van der Waals surface area (Å²) in [6.45, 7) is 4.80. The fraction of sp³-hybridized carbons (Fsp3) is 0.571. The van der Waals surface area contributed by atoms with Crippen LogP contribution in [0.2, 0.25) is 0 Å². The Labute approximate surface area is 113 Å². The van der Waals surface area contributed by atoms with E-state index in [0.29, 0.717) is 6.04 Å². The van der Waals surface area contributed by atoms with Crippen molar-refractivity contribution in [3.8, 4) is 0 Å². The van der Waals surface area contributed by atoms with Gasteiger partial charge in [-0.3, -0.25) is 4.90 Å². The first-order valence-corrected chi connectivity index (χ1v) is 7.60. The molecule has 0 aromatic heterocycles. The third kappa shape index (κ3) is 3.46. The maximum absolute atomic E-state index is 13.8. The molecule has 100 valence electrons. The van der Waals surface area contributed by atoms with E-state index in [-0.39, 0.29) is 5.82 Å². The number of rotatable bonds is 4. The summed E-state index contributed by atoms with van der Waals surface area (Å²) in [6, 6.07) is 5.97. The number of hydrogen-bond acceptors (Lipinski definition) is 3. The van der Waals surface area contributed by atoms with E-state index < -0.39 is 0 Å². The smallest absolute Gasteiger partial charge is 0.127 e. The molecule has 1 aromatic rings. The minimum Gasteiger partial charge on any atom is -0.316 e. The molecule has 0 saturated carbocycles. The quantitative estimate of drug-likeness (QED) is 0.903. The zero-order valence-electron chi connectivity index (χ0n) is 11.1. The number of halogens is 1. The lowest BCUT2D eigenvalue weighted by Gasteiger charge is -2.33. The highest BCUT2D eigenvalue weighted by atomic mass is 32.2. The van der Waals surface area contributed by atoms with Crippen molar-refractivity contribution in [3.63, 3.8) is 0 Å². The third-order valence-corrected chi connectivity index (χ3v) is 4.56. The summed E-state index contributed by atoms with van der Waals surface area (Å²) in [4.78, 5) is 2.37. The Hall–Kier alpha value is -0.580. The van der Waals surface area contributed by atoms with E-state index in [9.17, 15) is 4.39 Å². The summed E-state index contributed by atoms with van der Waals surface area (Å²) in [5.41, 5.74) is 1.97. The second kappa shape index (κ2) is 6.55. The van der Waals surface area contributed by atoms with Crippen molar-refractivity contribution in [2.24, 2.45) is 0 Å². The minimum atomic E-state index is -0.0831. The summed E-state index contributed by atoms with van der Waals surface area (Å²) >= 11 is 1.99. The molecule has 1 saturated heterocycles. The number of benzene rings is 1. The van der Waals surface area contributed by atoms with Gasteiger partial charge in [0.15, 0.2) is 0 Å². The molecule has 1 fully saturated rings. The summed E-state index contributed by atoms with van der Waals surface area (Å²) in [7, 11) is 1.91. The Morgan fingerprint density at radius 3 is 3.06 bits per heavy atom. The molecule has 2 nitrogen and oxygen atoms in total. The third-order valence-electron chi connectivity index (χ3n) is 3.37. The van der Waals surface area contributed by atoms with Gasteiger partial charge in [0.2, 0.25) is 0 Å². The monoisotopic (exact) mass is 268 g/mol. The van der Waals surface area contributed by atoms with E-state index in [1.807, 2.05) is 30.9 Å². The standard InChI is InChI=1S/C14H21FN2S/c1-11-10-18-6-5-17(11)9-13-7-12(8-16-2)3-4-14(13)15/h3-4,7,11,16H,5-6,8-10H2,1-2H3. The van der Waals surface area contributed by atoms with Crippen molar-refractivity contribution in [1.29, 1.82) is 0 Å². The average molecular weight is 268 g/mol. The van der Waals surface area contributed by atoms with Gasteiger partial charge in [0.1, 0.15) is 5.82 Å². The van der Waals surface area contributed by atoms with E-state index in [1.54, 1.807) is 6.07 Å². The Balaban J connectivity index is 2.09. The first-order chi connectivity index (χ1) is 8.70. The first-order valence-electron chi connectivity index (χ1n) is 6.44. The van der Waals surface area contributed by atoms with Gasteiger partial charge >= 0.3 is 0 Å². The molecule has 0 aliphatic carbocycles. The molecule has 1 unspecified atom stereocenters. The van der Waals surface area contributed by atoms with E-state index in [4.69, 9.17) is 0 Å². The van der Waals surface area contributed by atoms with E-state index >= 15 is 0 Å². The zero-order chi connectivity index (χ0) is 13.0. The molecule has 1 aromatic carbocycles. The molecule has 4 heteroatoms. The molecular weight excluding hydrogens is 247 g/mol. The molecule has 18 heavy (non-hydrogen) atoms. The molecule has 0 amide bonds. The lowest BCUT2D eigenvalue weighted by Crippen LogP contribution is -2.39. The highest BCUT2D eigenvalue weighted by Gasteiger charge is 2.19. The highest BCUT2D eigenvalue weighted by molar-refractivity contribution is 7.99. The van der Waals surface area contributed by atoms with Crippen LogP contribution in [0.15, 0.2) is 18.2 Å². The van der Waals surface area contributed by atoms with Crippen LogP contribution in [-0.2, 0) is 13.1 Å². The molecule has 2 rings (SSSR count). The molecule has 1 N–H and O–H groups in total. The summed E-state index contributed by atoms with van der Waals surface area (Å²) < 4.78 is 13.8. The lowest BCUT2D eigenvalue weighted by atomic mass is 10.1. The molecule has 1 aliphatic rings. The van der Waals surface area contributed by atoms with Gasteiger partial charge in [0, 0.05) is 42.7 Å². The van der Waals surface area contributed by atoms with E-state index in [1.165, 1.54) is 0 Å². The van der Waals surface area contributed by atoms with Crippen LogP contribution in [-0.4, -0.2) is 36.0 Å². The fourth-order valence-electron chi connectivity index (χ4n) is 2.28. The van der Waals surface area contributed by atoms with Crippen LogP contribution in [0.3, 0.4) is 0 Å². The Bertz CT molecular complexity index is 397. The minimum absolute atomic E-state index is 0.0831. The maximum Gasteiger partial charge on any atom is 0.127 e. The molecule has 1 aliphatic heterocycles. The number of hydrogen-bond donors (Lipinski definition) is 1. The van der Waals surface area contributed by atoms with E-state index in [0.717, 1.165) is 42.3 Å². The predicted octanol–water partition coefficient (Wildman–Crippen LogP) is 2.48. The average Bonchev–Trinajstić information content (AvgIpc) is 2.36. The predicted molar refractivity (Wildman–Crippen MR) is 76.4 cm³/mol. The summed E-state index contributed by atoms with van der Waals surface area (Å²) in [5.74, 6) is 2.22. The van der Waals surface area contributed by atoms with Crippen molar-refractivity contribution >= 4 is 11.8 Å². The summed E-state index contributed by atoms with van der Waals surface area (Å²) in [5, 5.41) is 3.10. The maximum atomic E-state index is 13.8. The normalized spacial score (nSPS) is 21.2. The molecule has 1 atom stereocenters. The van der Waals surface area contributed by atoms with Crippen LogP contribution in [0.4, 0.5) is 4.39 Å². The van der Waals surface area contributed by atoms with Crippen molar-refractivity contribution in [2.75, 3.05) is 25.1 Å². The van der Waals surface area contributed by atoms with Crippen LogP contribution in [0, 0.1) is 5.82 Å². The van der Waals surface area contributed by atoms with Gasteiger partial charge in [-0.05, 0) is 25.6 Å². The second-order valence-electron chi connectivity index (χ2n) is 4.85. The van der Waals surface area contributed by atoms with Crippen LogP contribution < -0.4 is 5.32 Å². The van der Waals surface area contributed by atoms with Crippen LogP contribution >= 0.6 is 11.8 Å². The number of nitrogens with zero attached hydrogens (tertiary/aromatic N) is 1. The fourth-order valence-corrected chi connectivity index (χ4v) is 3.36. The van der Waals surface area contributed by atoms with Crippen molar-refractivity contribution < 1.29 is 4.39 Å². The van der Waals surface area contributed by atoms with Crippen LogP contribution in [0.5, 0.6) is 0 Å². The van der Waals surface area contributed by atoms with Crippen molar-refractivity contribution in [3.05, 3.63) is 35.1 Å². The van der Waals surface area contributed by atoms with Crippen LogP contribution in [0.25, 0.3) is 0 Å². The van der Waals surface area contributed by atoms with Gasteiger partial charge in [-0.15, -0.1) is 0 Å². The Kier molecular flexibility index (Phi) is 5.03. The van der Waals surface area contributed by atoms with Gasteiger partial charge in [-0.2, -0.15) is 11.8 Å². The Morgan fingerprint density at radius 2 is 2.33 bits per heavy atom. The van der Waals surface area contributed by atoms with Gasteiger partial charge in [-0.1, -0.05) is 12.1 Å². The molecule has 0 bridgehead atoms. The molecule has 0 spiro atoms. The van der Waals surface area contributed by atoms with Gasteiger partial charge in [0.05, 0.1) is 0 Å². The first kappa shape index (κ1) is 13.8. The molecule has 0 radical (unpaired) electrons. The molecular formula is C14H21FN2S. The number of nitrogens with one attached hydrogen (secondary N) is 1. The van der Waals surface area contributed by atoms with Crippen molar-refractivity contribution in [1.82, 2.24) is 10.2 Å².